The summed E-state index contributed by atoms with van der Waals surface area (Å²) in [6, 6.07) is 10.8. The molecule has 1 aromatic heterocycles. The van der Waals surface area contributed by atoms with Crippen molar-refractivity contribution in [2.75, 3.05) is 26.8 Å². The first kappa shape index (κ1) is 22.2. The van der Waals surface area contributed by atoms with E-state index in [0.717, 1.165) is 52.3 Å². The maximum atomic E-state index is 13.3. The highest BCUT2D eigenvalue weighted by Gasteiger charge is 2.11. The maximum absolute atomic E-state index is 13.3. The van der Waals surface area contributed by atoms with Gasteiger partial charge in [0.2, 0.25) is 0 Å². The summed E-state index contributed by atoms with van der Waals surface area (Å²) >= 11 is 0. The maximum Gasteiger partial charge on any atom is 0.191 e. The third-order valence-corrected chi connectivity index (χ3v) is 4.91. The first-order valence-electron chi connectivity index (χ1n) is 9.81. The normalized spacial score (nSPS) is 13.5. The Morgan fingerprint density at radius 2 is 1.93 bits per heavy atom. The Kier molecular flexibility index (Phi) is 7.78. The summed E-state index contributed by atoms with van der Waals surface area (Å²) in [6.45, 7) is 2.70. The first-order chi connectivity index (χ1) is 14.2. The molecule has 0 unspecified atom stereocenters. The van der Waals surface area contributed by atoms with E-state index < -0.39 is 0 Å². The number of hydrogen-bond donors (Lipinski definition) is 3. The Balaban J connectivity index is 0.00000256. The number of aromatic nitrogens is 1. The van der Waals surface area contributed by atoms with Crippen molar-refractivity contribution in [2.24, 2.45) is 4.99 Å². The molecule has 0 bridgehead atoms. The van der Waals surface area contributed by atoms with Gasteiger partial charge in [-0.25, -0.2) is 4.39 Å². The lowest BCUT2D eigenvalue weighted by Crippen LogP contribution is -2.37. The Hall–Kier alpha value is -2.49. The summed E-state index contributed by atoms with van der Waals surface area (Å²) in [5, 5.41) is 7.68. The van der Waals surface area contributed by atoms with Crippen molar-refractivity contribution in [2.45, 2.75) is 19.4 Å². The molecule has 0 spiro atoms. The molecule has 6 nitrogen and oxygen atoms in total. The number of fused-ring (bicyclic) bond motifs is 2. The summed E-state index contributed by atoms with van der Waals surface area (Å²) in [7, 11) is 1.75. The molecule has 1 aliphatic heterocycles. The van der Waals surface area contributed by atoms with Gasteiger partial charge in [0.15, 0.2) is 17.5 Å². The Labute approximate surface area is 192 Å². The van der Waals surface area contributed by atoms with Crippen LogP contribution in [0, 0.1) is 5.82 Å². The molecule has 4 rings (SSSR count). The van der Waals surface area contributed by atoms with Gasteiger partial charge in [-0.05, 0) is 47.9 Å². The highest BCUT2D eigenvalue weighted by molar-refractivity contribution is 14.0. The number of rotatable bonds is 5. The molecule has 0 radical (unpaired) electrons. The van der Waals surface area contributed by atoms with Gasteiger partial charge in [-0.2, -0.15) is 0 Å². The lowest BCUT2D eigenvalue weighted by atomic mass is 10.1. The number of halogens is 2. The van der Waals surface area contributed by atoms with Crippen LogP contribution < -0.4 is 20.1 Å². The standard InChI is InChI=1S/C22H25FN4O2.HI/c1-24-22(25-8-7-16-14-26-19-12-17(23)4-5-18(16)19)27-13-15-3-6-20-21(11-15)29-10-2-9-28-20;/h3-6,11-12,14,26H,2,7-10,13H2,1H3,(H2,24,25,27);1H. The molecular formula is C22H26FIN4O2. The summed E-state index contributed by atoms with van der Waals surface area (Å²) < 4.78 is 24.7. The number of benzene rings is 2. The molecule has 0 aliphatic carbocycles. The summed E-state index contributed by atoms with van der Waals surface area (Å²) in [4.78, 5) is 7.40. The lowest BCUT2D eigenvalue weighted by Gasteiger charge is -2.13. The van der Waals surface area contributed by atoms with Gasteiger partial charge < -0.3 is 25.1 Å². The summed E-state index contributed by atoms with van der Waals surface area (Å²) in [5.41, 5.74) is 3.05. The number of aromatic amines is 1. The van der Waals surface area contributed by atoms with E-state index >= 15 is 0 Å². The van der Waals surface area contributed by atoms with Crippen LogP contribution in [0.4, 0.5) is 4.39 Å². The van der Waals surface area contributed by atoms with Crippen LogP contribution in [-0.2, 0) is 13.0 Å². The molecule has 3 aromatic rings. The molecule has 0 saturated carbocycles. The molecule has 0 fully saturated rings. The van der Waals surface area contributed by atoms with Crippen molar-refractivity contribution in [3.05, 3.63) is 59.5 Å². The van der Waals surface area contributed by atoms with Crippen LogP contribution in [0.3, 0.4) is 0 Å². The second kappa shape index (κ2) is 10.5. The average Bonchev–Trinajstić information content (AvgIpc) is 2.97. The van der Waals surface area contributed by atoms with Gasteiger partial charge in [0, 0.05) is 43.7 Å². The number of aliphatic imine (C=N–C) groups is 1. The number of guanidine groups is 1. The van der Waals surface area contributed by atoms with E-state index in [1.807, 2.05) is 30.5 Å². The second-order valence-corrected chi connectivity index (χ2v) is 6.94. The third-order valence-electron chi connectivity index (χ3n) is 4.91. The van der Waals surface area contributed by atoms with Crippen molar-refractivity contribution in [3.8, 4) is 11.5 Å². The first-order valence-corrected chi connectivity index (χ1v) is 9.81. The average molecular weight is 524 g/mol. The zero-order chi connectivity index (χ0) is 20.1. The molecule has 3 N–H and O–H groups in total. The fourth-order valence-corrected chi connectivity index (χ4v) is 3.40. The second-order valence-electron chi connectivity index (χ2n) is 6.94. The highest BCUT2D eigenvalue weighted by atomic mass is 127. The SMILES string of the molecule is CN=C(NCCc1c[nH]c2cc(F)ccc12)NCc1ccc2c(c1)OCCCO2.I. The van der Waals surface area contributed by atoms with Crippen molar-refractivity contribution in [3.63, 3.8) is 0 Å². The van der Waals surface area contributed by atoms with Crippen molar-refractivity contribution < 1.29 is 13.9 Å². The topological polar surface area (TPSA) is 70.7 Å². The van der Waals surface area contributed by atoms with E-state index in [1.165, 1.54) is 12.1 Å². The smallest absolute Gasteiger partial charge is 0.191 e. The summed E-state index contributed by atoms with van der Waals surface area (Å²) in [6.07, 6.45) is 3.63. The molecular weight excluding hydrogens is 498 g/mol. The van der Waals surface area contributed by atoms with Gasteiger partial charge >= 0.3 is 0 Å². The van der Waals surface area contributed by atoms with Crippen molar-refractivity contribution >= 4 is 40.8 Å². The van der Waals surface area contributed by atoms with E-state index in [1.54, 1.807) is 7.05 Å². The molecule has 8 heteroatoms. The van der Waals surface area contributed by atoms with E-state index in [4.69, 9.17) is 9.47 Å². The van der Waals surface area contributed by atoms with Crippen LogP contribution in [0.25, 0.3) is 10.9 Å². The lowest BCUT2D eigenvalue weighted by molar-refractivity contribution is 0.297. The van der Waals surface area contributed by atoms with Crippen molar-refractivity contribution in [1.82, 2.24) is 15.6 Å². The van der Waals surface area contributed by atoms with Gasteiger partial charge in [-0.1, -0.05) is 6.07 Å². The van der Waals surface area contributed by atoms with E-state index in [2.05, 4.69) is 20.6 Å². The van der Waals surface area contributed by atoms with Gasteiger partial charge in [0.05, 0.1) is 13.2 Å². The summed E-state index contributed by atoms with van der Waals surface area (Å²) in [5.74, 6) is 2.08. The third kappa shape index (κ3) is 5.35. The van der Waals surface area contributed by atoms with E-state index in [-0.39, 0.29) is 29.8 Å². The predicted molar refractivity (Wildman–Crippen MR) is 128 cm³/mol. The molecule has 2 heterocycles. The molecule has 0 saturated heterocycles. The number of H-pyrrole nitrogens is 1. The van der Waals surface area contributed by atoms with Gasteiger partial charge in [-0.15, -0.1) is 24.0 Å². The van der Waals surface area contributed by atoms with Gasteiger partial charge in [0.25, 0.3) is 0 Å². The Morgan fingerprint density at radius 3 is 2.77 bits per heavy atom. The minimum atomic E-state index is -0.233. The van der Waals surface area contributed by atoms with Gasteiger partial charge in [-0.3, -0.25) is 4.99 Å². The molecule has 2 aromatic carbocycles. The monoisotopic (exact) mass is 524 g/mol. The molecule has 0 amide bonds. The van der Waals surface area contributed by atoms with Crippen LogP contribution >= 0.6 is 24.0 Å². The zero-order valence-electron chi connectivity index (χ0n) is 16.8. The minimum Gasteiger partial charge on any atom is -0.490 e. The zero-order valence-corrected chi connectivity index (χ0v) is 19.2. The number of nitrogens with one attached hydrogen (secondary N) is 3. The van der Waals surface area contributed by atoms with Crippen molar-refractivity contribution in [1.29, 1.82) is 0 Å². The molecule has 0 atom stereocenters. The highest BCUT2D eigenvalue weighted by Crippen LogP contribution is 2.30. The Bertz CT molecular complexity index is 1020. The van der Waals surface area contributed by atoms with E-state index in [9.17, 15) is 4.39 Å². The number of ether oxygens (including phenoxy) is 2. The largest absolute Gasteiger partial charge is 0.490 e. The predicted octanol–water partition coefficient (Wildman–Crippen LogP) is 3.99. The fraction of sp³-hybridized carbons (Fsp3) is 0.318. The molecule has 160 valence electrons. The quantitative estimate of drug-likeness (QED) is 0.268. The van der Waals surface area contributed by atoms with Crippen LogP contribution in [0.2, 0.25) is 0 Å². The number of hydrogen-bond acceptors (Lipinski definition) is 3. The fourth-order valence-electron chi connectivity index (χ4n) is 3.40. The van der Waals surface area contributed by atoms with Crippen LogP contribution in [0.1, 0.15) is 17.5 Å². The van der Waals surface area contributed by atoms with Crippen LogP contribution in [0.5, 0.6) is 11.5 Å². The van der Waals surface area contributed by atoms with Crippen LogP contribution in [0.15, 0.2) is 47.6 Å². The molecule has 30 heavy (non-hydrogen) atoms. The molecule has 1 aliphatic rings. The Morgan fingerprint density at radius 1 is 1.10 bits per heavy atom. The number of nitrogens with zero attached hydrogens (tertiary/aromatic N) is 1. The van der Waals surface area contributed by atoms with Crippen LogP contribution in [-0.4, -0.2) is 37.7 Å². The van der Waals surface area contributed by atoms with E-state index in [0.29, 0.717) is 26.3 Å². The van der Waals surface area contributed by atoms with Gasteiger partial charge in [0.1, 0.15) is 5.82 Å². The minimum absolute atomic E-state index is 0.